The maximum absolute atomic E-state index is 12.6. The van der Waals surface area contributed by atoms with E-state index >= 15 is 0 Å². The van der Waals surface area contributed by atoms with E-state index in [9.17, 15) is 13.2 Å². The lowest BCUT2D eigenvalue weighted by Crippen LogP contribution is -2.31. The summed E-state index contributed by atoms with van der Waals surface area (Å²) < 4.78 is 25.5. The van der Waals surface area contributed by atoms with E-state index in [1.807, 2.05) is 18.2 Å². The molecule has 1 atom stereocenters. The second kappa shape index (κ2) is 8.63. The van der Waals surface area contributed by atoms with Crippen molar-refractivity contribution in [2.45, 2.75) is 20.3 Å². The molecule has 8 heteroatoms. The van der Waals surface area contributed by atoms with Crippen molar-refractivity contribution in [1.29, 1.82) is 0 Å². The van der Waals surface area contributed by atoms with E-state index in [0.717, 1.165) is 42.0 Å². The van der Waals surface area contributed by atoms with Crippen LogP contribution in [-0.2, 0) is 10.0 Å². The molecule has 6 nitrogen and oxygen atoms in total. The van der Waals surface area contributed by atoms with Crippen LogP contribution < -0.4 is 14.9 Å². The van der Waals surface area contributed by atoms with Crippen LogP contribution in [0.3, 0.4) is 0 Å². The molecular weight excluding hydrogens is 410 g/mol. The smallest absolute Gasteiger partial charge is 0.251 e. The molecule has 0 spiro atoms. The number of anilines is 2. The minimum absolute atomic E-state index is 0.209. The second-order valence-corrected chi connectivity index (χ2v) is 9.83. The molecule has 1 heterocycles. The Bertz CT molecular complexity index is 1020. The molecule has 2 aromatic carbocycles. The Labute approximate surface area is 177 Å². The predicted octanol–water partition coefficient (Wildman–Crippen LogP) is 3.58. The van der Waals surface area contributed by atoms with Crippen molar-refractivity contribution in [2.75, 3.05) is 35.5 Å². The topological polar surface area (TPSA) is 78.5 Å². The monoisotopic (exact) mass is 435 g/mol. The normalized spacial score (nSPS) is 16.7. The summed E-state index contributed by atoms with van der Waals surface area (Å²) in [6, 6.07) is 10.9. The van der Waals surface area contributed by atoms with Crippen molar-refractivity contribution in [1.82, 2.24) is 5.32 Å². The van der Waals surface area contributed by atoms with Crippen LogP contribution in [0.15, 0.2) is 36.4 Å². The van der Waals surface area contributed by atoms with E-state index in [0.29, 0.717) is 23.7 Å². The van der Waals surface area contributed by atoms with Crippen LogP contribution in [0, 0.1) is 19.8 Å². The summed E-state index contributed by atoms with van der Waals surface area (Å²) in [6.07, 6.45) is 2.08. The third-order valence-electron chi connectivity index (χ3n) is 5.14. The highest BCUT2D eigenvalue weighted by molar-refractivity contribution is 7.92. The van der Waals surface area contributed by atoms with Gasteiger partial charge in [0.25, 0.3) is 5.91 Å². The zero-order valence-corrected chi connectivity index (χ0v) is 18.4. The van der Waals surface area contributed by atoms with Gasteiger partial charge in [-0.05, 0) is 61.6 Å². The van der Waals surface area contributed by atoms with Crippen LogP contribution in [0.4, 0.5) is 11.4 Å². The summed E-state index contributed by atoms with van der Waals surface area (Å²) in [5, 5.41) is 3.70. The lowest BCUT2D eigenvalue weighted by atomic mass is 10.1. The molecule has 0 radical (unpaired) electrons. The maximum atomic E-state index is 12.6. The van der Waals surface area contributed by atoms with E-state index in [2.05, 4.69) is 21.9 Å². The molecule has 0 bridgehead atoms. The van der Waals surface area contributed by atoms with Gasteiger partial charge >= 0.3 is 0 Å². The molecule has 0 aliphatic carbocycles. The molecule has 0 aromatic heterocycles. The third kappa shape index (κ3) is 5.64. The van der Waals surface area contributed by atoms with Gasteiger partial charge in [0, 0.05) is 35.9 Å². The van der Waals surface area contributed by atoms with Crippen LogP contribution in [0.2, 0.25) is 5.02 Å². The van der Waals surface area contributed by atoms with Gasteiger partial charge in [0.2, 0.25) is 10.0 Å². The molecule has 1 aliphatic heterocycles. The van der Waals surface area contributed by atoms with E-state index in [-0.39, 0.29) is 5.91 Å². The molecular formula is C21H26ClN3O3S. The highest BCUT2D eigenvalue weighted by Crippen LogP contribution is 2.29. The number of hydrogen-bond acceptors (Lipinski definition) is 4. The number of aryl methyl sites for hydroxylation is 2. The van der Waals surface area contributed by atoms with E-state index in [1.54, 1.807) is 25.1 Å². The molecule has 2 N–H and O–H groups in total. The van der Waals surface area contributed by atoms with Gasteiger partial charge in [0.1, 0.15) is 0 Å². The summed E-state index contributed by atoms with van der Waals surface area (Å²) in [4.78, 5) is 14.9. The maximum Gasteiger partial charge on any atom is 0.251 e. The van der Waals surface area contributed by atoms with Crippen molar-refractivity contribution < 1.29 is 13.2 Å². The first-order valence-corrected chi connectivity index (χ1v) is 11.8. The Morgan fingerprint density at radius 3 is 2.62 bits per heavy atom. The van der Waals surface area contributed by atoms with Gasteiger partial charge in [-0.25, -0.2) is 8.42 Å². The number of nitrogens with zero attached hydrogens (tertiary/aromatic N) is 1. The van der Waals surface area contributed by atoms with E-state index in [1.165, 1.54) is 5.56 Å². The fourth-order valence-electron chi connectivity index (χ4n) is 3.55. The first-order chi connectivity index (χ1) is 13.6. The fraction of sp³-hybridized carbons (Fsp3) is 0.381. The first kappa shape index (κ1) is 21.5. The Morgan fingerprint density at radius 1 is 1.17 bits per heavy atom. The molecule has 2 aromatic rings. The molecule has 156 valence electrons. The molecule has 1 saturated heterocycles. The van der Waals surface area contributed by atoms with Crippen molar-refractivity contribution in [3.05, 3.63) is 58.1 Å². The molecule has 29 heavy (non-hydrogen) atoms. The van der Waals surface area contributed by atoms with E-state index < -0.39 is 10.0 Å². The van der Waals surface area contributed by atoms with Gasteiger partial charge in [-0.15, -0.1) is 0 Å². The fourth-order valence-corrected chi connectivity index (χ4v) is 4.34. The average Bonchev–Trinajstić information content (AvgIpc) is 3.11. The Balaban J connectivity index is 1.60. The standard InChI is InChI=1S/C21H26ClN3O3S/c1-14-4-6-17(10-19(14)24-29(3,27)28)21(26)23-12-16-8-9-25(13-16)20-11-18(22)7-5-15(20)2/h4-7,10-11,16,24H,8-9,12-13H2,1-3H3,(H,23,26)/t16-/m0/s1. The number of amides is 1. The zero-order chi connectivity index (χ0) is 21.2. The minimum atomic E-state index is -3.40. The number of halogens is 1. The highest BCUT2D eigenvalue weighted by Gasteiger charge is 2.24. The molecule has 3 rings (SSSR count). The van der Waals surface area contributed by atoms with E-state index in [4.69, 9.17) is 11.6 Å². The summed E-state index contributed by atoms with van der Waals surface area (Å²) in [5.74, 6) is 0.135. The van der Waals surface area contributed by atoms with Gasteiger partial charge in [-0.1, -0.05) is 23.7 Å². The van der Waals surface area contributed by atoms with Crippen molar-refractivity contribution in [3.8, 4) is 0 Å². The molecule has 1 fully saturated rings. The number of carbonyl (C=O) groups excluding carboxylic acids is 1. The third-order valence-corrected chi connectivity index (χ3v) is 5.97. The van der Waals surface area contributed by atoms with Gasteiger partial charge in [0.05, 0.1) is 11.9 Å². The zero-order valence-electron chi connectivity index (χ0n) is 16.8. The van der Waals surface area contributed by atoms with Crippen LogP contribution in [-0.4, -0.2) is 40.2 Å². The summed E-state index contributed by atoms with van der Waals surface area (Å²) in [5.41, 5.74) is 3.94. The molecule has 1 aliphatic rings. The predicted molar refractivity (Wildman–Crippen MR) is 118 cm³/mol. The molecule has 0 saturated carbocycles. The quantitative estimate of drug-likeness (QED) is 0.726. The summed E-state index contributed by atoms with van der Waals surface area (Å²) in [6.45, 7) is 6.21. The number of rotatable bonds is 6. The van der Waals surface area contributed by atoms with Gasteiger partial charge in [-0.3, -0.25) is 9.52 Å². The van der Waals surface area contributed by atoms with Crippen molar-refractivity contribution in [3.63, 3.8) is 0 Å². The van der Waals surface area contributed by atoms with Crippen LogP contribution in [0.5, 0.6) is 0 Å². The molecule has 0 unspecified atom stereocenters. The van der Waals surface area contributed by atoms with Crippen molar-refractivity contribution >= 4 is 38.9 Å². The summed E-state index contributed by atoms with van der Waals surface area (Å²) >= 11 is 6.14. The second-order valence-electron chi connectivity index (χ2n) is 7.65. The Kier molecular flexibility index (Phi) is 6.39. The van der Waals surface area contributed by atoms with Crippen LogP contribution >= 0.6 is 11.6 Å². The Morgan fingerprint density at radius 2 is 1.90 bits per heavy atom. The lowest BCUT2D eigenvalue weighted by molar-refractivity contribution is 0.0948. The van der Waals surface area contributed by atoms with Crippen molar-refractivity contribution in [2.24, 2.45) is 5.92 Å². The Hall–Kier alpha value is -2.25. The highest BCUT2D eigenvalue weighted by atomic mass is 35.5. The number of sulfonamides is 1. The number of hydrogen-bond donors (Lipinski definition) is 2. The van der Waals surface area contributed by atoms with Gasteiger partial charge in [0.15, 0.2) is 0 Å². The van der Waals surface area contributed by atoms with Gasteiger partial charge < -0.3 is 10.2 Å². The first-order valence-electron chi connectivity index (χ1n) is 9.50. The summed E-state index contributed by atoms with van der Waals surface area (Å²) in [7, 11) is -3.40. The van der Waals surface area contributed by atoms with Crippen LogP contribution in [0.25, 0.3) is 0 Å². The number of benzene rings is 2. The lowest BCUT2D eigenvalue weighted by Gasteiger charge is -2.21. The SMILES string of the molecule is Cc1ccc(C(=O)NC[C@@H]2CCN(c3cc(Cl)ccc3C)C2)cc1NS(C)(=O)=O. The van der Waals surface area contributed by atoms with Gasteiger partial charge in [-0.2, -0.15) is 0 Å². The average molecular weight is 436 g/mol. The number of nitrogens with one attached hydrogen (secondary N) is 2. The largest absolute Gasteiger partial charge is 0.371 e. The number of carbonyl (C=O) groups is 1. The minimum Gasteiger partial charge on any atom is -0.371 e. The van der Waals surface area contributed by atoms with Crippen LogP contribution in [0.1, 0.15) is 27.9 Å². The molecule has 1 amide bonds.